The highest BCUT2D eigenvalue weighted by Crippen LogP contribution is 2.27. The fourth-order valence-electron chi connectivity index (χ4n) is 2.70. The molecule has 0 saturated carbocycles. The van der Waals surface area contributed by atoms with Crippen LogP contribution in [-0.2, 0) is 6.67 Å². The van der Waals surface area contributed by atoms with Crippen LogP contribution in [0.2, 0.25) is 5.02 Å². The first kappa shape index (κ1) is 16.5. The first-order valence-corrected chi connectivity index (χ1v) is 8.70. The van der Waals surface area contributed by atoms with Gasteiger partial charge in [0.05, 0.1) is 17.7 Å². The summed E-state index contributed by atoms with van der Waals surface area (Å²) in [5, 5.41) is 5.43. The van der Waals surface area contributed by atoms with Gasteiger partial charge in [0.1, 0.15) is 5.69 Å². The third-order valence-corrected chi connectivity index (χ3v) is 4.79. The summed E-state index contributed by atoms with van der Waals surface area (Å²) >= 11 is 9.55. The highest BCUT2D eigenvalue weighted by atomic mass is 79.9. The lowest BCUT2D eigenvalue weighted by molar-refractivity contribution is 0.112. The summed E-state index contributed by atoms with van der Waals surface area (Å²) in [4.78, 5) is 4.69. The van der Waals surface area contributed by atoms with Crippen LogP contribution in [0, 0.1) is 12.3 Å². The van der Waals surface area contributed by atoms with Crippen molar-refractivity contribution in [2.24, 2.45) is 0 Å². The van der Waals surface area contributed by atoms with Crippen LogP contribution in [0.1, 0.15) is 0 Å². The van der Waals surface area contributed by atoms with Gasteiger partial charge in [-0.3, -0.25) is 14.5 Å². The summed E-state index contributed by atoms with van der Waals surface area (Å²) in [7, 11) is 0. The van der Waals surface area contributed by atoms with Gasteiger partial charge in [-0.15, -0.1) is 6.42 Å². The van der Waals surface area contributed by atoms with Gasteiger partial charge in [0.2, 0.25) is 0 Å². The molecule has 120 valence electrons. The van der Waals surface area contributed by atoms with E-state index in [1.807, 2.05) is 35.1 Å². The van der Waals surface area contributed by atoms with Gasteiger partial charge in [0, 0.05) is 43.0 Å². The Morgan fingerprint density at radius 2 is 1.78 bits per heavy atom. The van der Waals surface area contributed by atoms with E-state index >= 15 is 0 Å². The molecule has 0 atom stereocenters. The Balaban J connectivity index is 1.65. The molecule has 23 heavy (non-hydrogen) atoms. The molecule has 4 nitrogen and oxygen atoms in total. The molecule has 0 spiro atoms. The highest BCUT2D eigenvalue weighted by Gasteiger charge is 2.17. The molecule has 0 unspecified atom stereocenters. The van der Waals surface area contributed by atoms with E-state index in [-0.39, 0.29) is 0 Å². The van der Waals surface area contributed by atoms with E-state index in [0.29, 0.717) is 0 Å². The Morgan fingerprint density at radius 3 is 2.43 bits per heavy atom. The van der Waals surface area contributed by atoms with Crippen molar-refractivity contribution < 1.29 is 0 Å². The first-order chi connectivity index (χ1) is 11.2. The Kier molecular flexibility index (Phi) is 5.39. The summed E-state index contributed by atoms with van der Waals surface area (Å²) in [5.74, 6) is 2.71. The van der Waals surface area contributed by atoms with Crippen molar-refractivity contribution in [1.82, 2.24) is 19.6 Å². The van der Waals surface area contributed by atoms with Gasteiger partial charge < -0.3 is 0 Å². The third-order valence-electron chi connectivity index (χ3n) is 3.96. The maximum absolute atomic E-state index is 5.95. The van der Waals surface area contributed by atoms with Gasteiger partial charge in [-0.1, -0.05) is 29.7 Å². The Bertz CT molecular complexity index is 696. The van der Waals surface area contributed by atoms with Crippen LogP contribution in [0.5, 0.6) is 0 Å². The predicted molar refractivity (Wildman–Crippen MR) is 97.2 cm³/mol. The summed E-state index contributed by atoms with van der Waals surface area (Å²) < 4.78 is 2.97. The average Bonchev–Trinajstić information content (AvgIpc) is 2.91. The van der Waals surface area contributed by atoms with Crippen molar-refractivity contribution in [3.63, 3.8) is 0 Å². The third kappa shape index (κ3) is 4.15. The fourth-order valence-corrected chi connectivity index (χ4v) is 3.37. The van der Waals surface area contributed by atoms with Gasteiger partial charge in [-0.2, -0.15) is 5.10 Å². The zero-order valence-electron chi connectivity index (χ0n) is 12.8. The SMILES string of the molecule is C#CCN1CCN(Cn2cc(Br)c(-c3ccc(Cl)cc3)n2)CC1. The van der Waals surface area contributed by atoms with Crippen molar-refractivity contribution in [2.45, 2.75) is 6.67 Å². The standard InChI is InChI=1S/C17H18BrClN4/c1-2-7-21-8-10-22(11-9-21)13-23-12-16(18)17(20-23)14-3-5-15(19)6-4-14/h1,3-6,12H,7-11,13H2. The summed E-state index contributed by atoms with van der Waals surface area (Å²) in [6.07, 6.45) is 7.39. The minimum Gasteiger partial charge on any atom is -0.290 e. The van der Waals surface area contributed by atoms with Crippen LogP contribution in [0.4, 0.5) is 0 Å². The Morgan fingerprint density at radius 1 is 1.13 bits per heavy atom. The lowest BCUT2D eigenvalue weighted by Gasteiger charge is -2.33. The molecule has 1 aliphatic rings. The first-order valence-electron chi connectivity index (χ1n) is 7.53. The molecule has 1 aliphatic heterocycles. The summed E-state index contributed by atoms with van der Waals surface area (Å²) in [5.41, 5.74) is 1.99. The van der Waals surface area contributed by atoms with Crippen LogP contribution in [0.3, 0.4) is 0 Å². The topological polar surface area (TPSA) is 24.3 Å². The molecule has 3 rings (SSSR count). The number of halogens is 2. The van der Waals surface area contributed by atoms with E-state index in [4.69, 9.17) is 23.1 Å². The fraction of sp³-hybridized carbons (Fsp3) is 0.353. The lowest BCUT2D eigenvalue weighted by atomic mass is 10.2. The van der Waals surface area contributed by atoms with E-state index in [2.05, 4.69) is 31.7 Å². The molecule has 1 aromatic carbocycles. The van der Waals surface area contributed by atoms with Crippen LogP contribution in [-0.4, -0.2) is 52.3 Å². The number of aromatic nitrogens is 2. The molecule has 6 heteroatoms. The van der Waals surface area contributed by atoms with Gasteiger partial charge >= 0.3 is 0 Å². The number of hydrogen-bond acceptors (Lipinski definition) is 3. The molecule has 0 aliphatic carbocycles. The zero-order chi connectivity index (χ0) is 16.2. The van der Waals surface area contributed by atoms with Gasteiger partial charge in [-0.05, 0) is 28.1 Å². The van der Waals surface area contributed by atoms with Crippen molar-refractivity contribution in [1.29, 1.82) is 0 Å². The second kappa shape index (κ2) is 7.50. The minimum atomic E-state index is 0.731. The van der Waals surface area contributed by atoms with E-state index in [9.17, 15) is 0 Å². The molecule has 1 saturated heterocycles. The van der Waals surface area contributed by atoms with E-state index in [1.54, 1.807) is 0 Å². The molecule has 1 aromatic heterocycles. The van der Waals surface area contributed by atoms with Gasteiger partial charge in [-0.25, -0.2) is 0 Å². The molecule has 2 aromatic rings. The van der Waals surface area contributed by atoms with E-state index in [0.717, 1.165) is 60.1 Å². The van der Waals surface area contributed by atoms with Crippen LogP contribution in [0.25, 0.3) is 11.3 Å². The second-order valence-electron chi connectivity index (χ2n) is 5.61. The lowest BCUT2D eigenvalue weighted by Crippen LogP contribution is -2.46. The Hall–Kier alpha value is -1.32. The smallest absolute Gasteiger partial charge is 0.107 e. The second-order valence-corrected chi connectivity index (χ2v) is 6.90. The molecule has 0 N–H and O–H groups in total. The minimum absolute atomic E-state index is 0.731. The van der Waals surface area contributed by atoms with Crippen molar-refractivity contribution >= 4 is 27.5 Å². The monoisotopic (exact) mass is 392 g/mol. The van der Waals surface area contributed by atoms with Crippen LogP contribution >= 0.6 is 27.5 Å². The van der Waals surface area contributed by atoms with Crippen LogP contribution in [0.15, 0.2) is 34.9 Å². The largest absolute Gasteiger partial charge is 0.290 e. The molecular weight excluding hydrogens is 376 g/mol. The number of terminal acetylenes is 1. The van der Waals surface area contributed by atoms with Crippen molar-refractivity contribution in [3.8, 4) is 23.6 Å². The number of rotatable bonds is 4. The van der Waals surface area contributed by atoms with Gasteiger partial charge in [0.15, 0.2) is 0 Å². The van der Waals surface area contributed by atoms with E-state index in [1.165, 1.54) is 0 Å². The summed E-state index contributed by atoms with van der Waals surface area (Å²) in [6, 6.07) is 7.73. The van der Waals surface area contributed by atoms with Crippen molar-refractivity contribution in [2.75, 3.05) is 32.7 Å². The zero-order valence-corrected chi connectivity index (χ0v) is 15.1. The molecular formula is C17H18BrClN4. The van der Waals surface area contributed by atoms with Gasteiger partial charge in [0.25, 0.3) is 0 Å². The van der Waals surface area contributed by atoms with Crippen molar-refractivity contribution in [3.05, 3.63) is 40.0 Å². The highest BCUT2D eigenvalue weighted by molar-refractivity contribution is 9.10. The average molecular weight is 394 g/mol. The number of hydrogen-bond donors (Lipinski definition) is 0. The van der Waals surface area contributed by atoms with Crippen LogP contribution < -0.4 is 0 Å². The Labute approximate surface area is 150 Å². The maximum atomic E-state index is 5.95. The molecule has 0 amide bonds. The number of benzene rings is 1. The van der Waals surface area contributed by atoms with E-state index < -0.39 is 0 Å². The molecule has 1 fully saturated rings. The normalized spacial score (nSPS) is 16.4. The molecule has 0 bridgehead atoms. The quantitative estimate of drug-likeness (QED) is 0.746. The molecule has 0 radical (unpaired) electrons. The predicted octanol–water partition coefficient (Wildman–Crippen LogP) is 3.17. The molecule has 2 heterocycles. The number of piperazine rings is 1. The number of nitrogens with zero attached hydrogens (tertiary/aromatic N) is 4. The maximum Gasteiger partial charge on any atom is 0.107 e. The summed E-state index contributed by atoms with van der Waals surface area (Å²) in [6.45, 7) is 5.57.